The van der Waals surface area contributed by atoms with Gasteiger partial charge in [0.2, 0.25) is 0 Å². The molecule has 33 heavy (non-hydrogen) atoms. The van der Waals surface area contributed by atoms with E-state index in [0.29, 0.717) is 33.8 Å². The van der Waals surface area contributed by atoms with Crippen LogP contribution in [0.4, 0.5) is 26.3 Å². The van der Waals surface area contributed by atoms with Gasteiger partial charge in [-0.15, -0.1) is 23.5 Å². The molecule has 8 heteroatoms. The second-order valence-corrected chi connectivity index (χ2v) is 11.5. The molecular weight excluding hydrogens is 478 g/mol. The number of alkyl halides is 6. The van der Waals surface area contributed by atoms with Gasteiger partial charge in [-0.05, 0) is 47.2 Å². The van der Waals surface area contributed by atoms with Gasteiger partial charge in [0.25, 0.3) is 0 Å². The van der Waals surface area contributed by atoms with Crippen molar-refractivity contribution in [3.05, 3.63) is 70.8 Å². The molecule has 2 unspecified atom stereocenters. The van der Waals surface area contributed by atoms with Gasteiger partial charge in [0.05, 0.1) is 9.49 Å². The monoisotopic (exact) mass is 496 g/mol. The van der Waals surface area contributed by atoms with Crippen LogP contribution >= 0.6 is 23.5 Å². The Morgan fingerprint density at radius 3 is 1.30 bits per heavy atom. The normalized spacial score (nSPS) is 31.8. The van der Waals surface area contributed by atoms with E-state index in [1.165, 1.54) is 23.5 Å². The largest absolute Gasteiger partial charge is 0.380 e. The lowest BCUT2D eigenvalue weighted by Gasteiger charge is -2.50. The highest BCUT2D eigenvalue weighted by molar-refractivity contribution is 8.06. The molecule has 0 bridgehead atoms. The molecule has 0 saturated heterocycles. The van der Waals surface area contributed by atoms with Crippen LogP contribution in [-0.4, -0.2) is 27.3 Å². The lowest BCUT2D eigenvalue weighted by atomic mass is 9.65. The third-order valence-electron chi connectivity index (χ3n) is 7.50. The molecule has 2 heterocycles. The molecule has 172 valence electrons. The summed E-state index contributed by atoms with van der Waals surface area (Å²) in [6, 6.07) is 13.4. The maximum absolute atomic E-state index is 15.5. The maximum atomic E-state index is 15.5. The van der Waals surface area contributed by atoms with Crippen LogP contribution in [-0.2, 0) is 0 Å². The van der Waals surface area contributed by atoms with Gasteiger partial charge in [0.15, 0.2) is 0 Å². The lowest BCUT2D eigenvalue weighted by Crippen LogP contribution is -2.51. The Kier molecular flexibility index (Phi) is 4.11. The average molecular weight is 497 g/mol. The molecule has 0 spiro atoms. The van der Waals surface area contributed by atoms with E-state index in [4.69, 9.17) is 0 Å². The van der Waals surface area contributed by atoms with Crippen molar-refractivity contribution in [2.75, 3.05) is 0 Å². The highest BCUT2D eigenvalue weighted by Crippen LogP contribution is 2.79. The Bertz CT molecular complexity index is 1200. The van der Waals surface area contributed by atoms with Crippen LogP contribution in [0.3, 0.4) is 0 Å². The van der Waals surface area contributed by atoms with Gasteiger partial charge >= 0.3 is 17.8 Å². The molecule has 0 N–H and O–H groups in total. The first kappa shape index (κ1) is 21.7. The van der Waals surface area contributed by atoms with Gasteiger partial charge < -0.3 is 0 Å². The highest BCUT2D eigenvalue weighted by Gasteiger charge is 2.85. The molecule has 6 rings (SSSR count). The van der Waals surface area contributed by atoms with Crippen molar-refractivity contribution in [3.8, 4) is 0 Å². The maximum Gasteiger partial charge on any atom is 0.380 e. The number of benzene rings is 2. The standard InChI is InChI=1S/C25H18F6S2/c1-3-21-17(13-9-5-7-11-15(13)32-21)19-20(24(28,29)25(30,31)23(19,26)27)18-14-10-6-8-12-16(14)33-22(18,21)4-2/h5-12H,3-4H2,1-2H3. The predicted molar refractivity (Wildman–Crippen MR) is 119 cm³/mol. The smallest absolute Gasteiger partial charge is 0.194 e. The van der Waals surface area contributed by atoms with E-state index >= 15 is 17.6 Å². The van der Waals surface area contributed by atoms with E-state index in [1.54, 1.807) is 48.5 Å². The number of allylic oxidation sites excluding steroid dienone is 2. The molecule has 2 aromatic rings. The van der Waals surface area contributed by atoms with E-state index < -0.39 is 38.4 Å². The summed E-state index contributed by atoms with van der Waals surface area (Å²) in [5.74, 6) is -15.5. The molecule has 0 aromatic heterocycles. The summed E-state index contributed by atoms with van der Waals surface area (Å²) in [5, 5.41) is 0. The molecule has 0 radical (unpaired) electrons. The topological polar surface area (TPSA) is 0 Å². The minimum Gasteiger partial charge on any atom is -0.194 e. The molecule has 0 amide bonds. The Hall–Kier alpha value is -1.80. The van der Waals surface area contributed by atoms with E-state index in [9.17, 15) is 8.78 Å². The van der Waals surface area contributed by atoms with Crippen LogP contribution in [0.5, 0.6) is 0 Å². The summed E-state index contributed by atoms with van der Waals surface area (Å²) >= 11 is 2.70. The summed E-state index contributed by atoms with van der Waals surface area (Å²) in [7, 11) is 0. The summed E-state index contributed by atoms with van der Waals surface area (Å²) < 4.78 is 89.8. The zero-order valence-electron chi connectivity index (χ0n) is 17.6. The third kappa shape index (κ3) is 2.09. The average Bonchev–Trinajstić information content (AvgIpc) is 3.34. The van der Waals surface area contributed by atoms with Crippen LogP contribution in [0.2, 0.25) is 0 Å². The molecule has 2 atom stereocenters. The Morgan fingerprint density at radius 1 is 0.576 bits per heavy atom. The zero-order valence-corrected chi connectivity index (χ0v) is 19.3. The number of hydrogen-bond donors (Lipinski definition) is 0. The predicted octanol–water partition coefficient (Wildman–Crippen LogP) is 8.34. The number of fused-ring (bicyclic) bond motifs is 8. The van der Waals surface area contributed by atoms with Crippen molar-refractivity contribution in [2.24, 2.45) is 0 Å². The number of rotatable bonds is 2. The van der Waals surface area contributed by atoms with E-state index in [1.807, 2.05) is 13.8 Å². The summed E-state index contributed by atoms with van der Waals surface area (Å²) in [4.78, 5) is 1.31. The van der Waals surface area contributed by atoms with Gasteiger partial charge in [-0.2, -0.15) is 26.3 Å². The quantitative estimate of drug-likeness (QED) is 0.383. The Morgan fingerprint density at radius 2 is 0.939 bits per heavy atom. The fourth-order valence-corrected chi connectivity index (χ4v) is 9.73. The van der Waals surface area contributed by atoms with Crippen LogP contribution in [0.15, 0.2) is 69.5 Å². The van der Waals surface area contributed by atoms with Crippen LogP contribution in [0.25, 0.3) is 11.1 Å². The van der Waals surface area contributed by atoms with Crippen molar-refractivity contribution < 1.29 is 26.3 Å². The van der Waals surface area contributed by atoms with Gasteiger partial charge in [-0.25, -0.2) is 0 Å². The fraction of sp³-hybridized carbons (Fsp3) is 0.360. The lowest BCUT2D eigenvalue weighted by molar-refractivity contribution is -0.257. The molecule has 2 aliphatic heterocycles. The van der Waals surface area contributed by atoms with Crippen molar-refractivity contribution in [3.63, 3.8) is 0 Å². The molecule has 2 aromatic carbocycles. The molecular formula is C25H18F6S2. The van der Waals surface area contributed by atoms with Crippen molar-refractivity contribution in [1.82, 2.24) is 0 Å². The first-order valence-corrected chi connectivity index (χ1v) is 12.4. The number of thioether (sulfide) groups is 2. The van der Waals surface area contributed by atoms with Crippen molar-refractivity contribution >= 4 is 34.7 Å². The van der Waals surface area contributed by atoms with Gasteiger partial charge in [-0.1, -0.05) is 50.2 Å². The zero-order chi connectivity index (χ0) is 23.6. The second-order valence-electron chi connectivity index (χ2n) is 8.78. The summed E-state index contributed by atoms with van der Waals surface area (Å²) in [5.41, 5.74) is -1.73. The van der Waals surface area contributed by atoms with E-state index in [2.05, 4.69) is 0 Å². The summed E-state index contributed by atoms with van der Waals surface area (Å²) in [6.45, 7) is 3.65. The first-order chi connectivity index (χ1) is 15.5. The molecule has 4 aliphatic rings. The Labute approximate surface area is 195 Å². The number of halogens is 6. The molecule has 1 saturated carbocycles. The highest BCUT2D eigenvalue weighted by atomic mass is 32.2. The summed E-state index contributed by atoms with van der Waals surface area (Å²) in [6.07, 6.45) is 0.647. The van der Waals surface area contributed by atoms with Crippen molar-refractivity contribution in [1.29, 1.82) is 0 Å². The Balaban J connectivity index is 1.88. The van der Waals surface area contributed by atoms with Gasteiger partial charge in [0, 0.05) is 20.9 Å². The second kappa shape index (κ2) is 6.25. The van der Waals surface area contributed by atoms with Gasteiger partial charge in [-0.3, -0.25) is 0 Å². The van der Waals surface area contributed by atoms with Crippen LogP contribution in [0.1, 0.15) is 37.8 Å². The van der Waals surface area contributed by atoms with E-state index in [0.717, 1.165) is 0 Å². The molecule has 0 nitrogen and oxygen atoms in total. The van der Waals surface area contributed by atoms with Gasteiger partial charge in [0.1, 0.15) is 0 Å². The molecule has 2 aliphatic carbocycles. The third-order valence-corrected chi connectivity index (χ3v) is 11.2. The first-order valence-electron chi connectivity index (χ1n) is 10.7. The van der Waals surface area contributed by atoms with Crippen molar-refractivity contribution in [2.45, 2.75) is 63.7 Å². The number of hydrogen-bond acceptors (Lipinski definition) is 2. The van der Waals surface area contributed by atoms with E-state index in [-0.39, 0.29) is 11.1 Å². The SMILES string of the molecule is CCC12Sc3ccccc3C1=C1C(=C3c4ccccc4SC32CC)C(F)(F)C(F)(F)C1(F)F. The van der Waals surface area contributed by atoms with Crippen LogP contribution < -0.4 is 0 Å². The minimum absolute atomic E-state index is 0.0478. The fourth-order valence-electron chi connectivity index (χ4n) is 6.14. The molecule has 1 fully saturated rings. The van der Waals surface area contributed by atoms with Crippen LogP contribution in [0, 0.1) is 0 Å². The minimum atomic E-state index is -5.53.